The van der Waals surface area contributed by atoms with Gasteiger partial charge < -0.3 is 33.8 Å². The topological polar surface area (TPSA) is 237 Å². The van der Waals surface area contributed by atoms with Crippen molar-refractivity contribution in [2.24, 2.45) is 17.8 Å². The number of aliphatic hydroxyl groups excluding tert-OH is 1. The molecule has 0 aromatic rings. The Bertz CT molecular complexity index is 2050. The van der Waals surface area contributed by atoms with Crippen LogP contribution in [0, 0.1) is 17.8 Å². The van der Waals surface area contributed by atoms with Crippen LogP contribution in [0.2, 0.25) is 0 Å². The van der Waals surface area contributed by atoms with Crippen LogP contribution in [0.5, 0.6) is 0 Å². The molecule has 0 saturated heterocycles. The lowest BCUT2D eigenvalue weighted by Gasteiger charge is -2.21. The van der Waals surface area contributed by atoms with Gasteiger partial charge in [-0.15, -0.1) is 0 Å². The molecule has 3 N–H and O–H groups in total. The van der Waals surface area contributed by atoms with Gasteiger partial charge in [-0.1, -0.05) is 408 Å². The van der Waals surface area contributed by atoms with Crippen LogP contribution >= 0.6 is 15.6 Å². The second-order valence-corrected chi connectivity index (χ2v) is 35.1. The number of carbonyl (C=O) groups excluding carboxylic acids is 4. The average Bonchev–Trinajstić information content (AvgIpc) is 0.900. The average molecular weight is 1550 g/mol. The molecule has 0 amide bonds. The molecule has 106 heavy (non-hydrogen) atoms. The molecule has 0 aliphatic heterocycles. The van der Waals surface area contributed by atoms with Crippen LogP contribution in [0.4, 0.5) is 0 Å². The summed E-state index contributed by atoms with van der Waals surface area (Å²) in [5.74, 6) is 0.328. The SMILES string of the molecule is CCCCCCCCCCCCCCCCCCCCC(=O)O[C@H](COC(=O)CCCCCCCCCCC(C)CC)COP(=O)(O)OC[C@H](O)COP(=O)(O)OC[C@@H](COC(=O)CCCCCCCCCCCCCCCCC(C)CC)OC(=O)CCCCCCCCCCCCCCCCCC(C)C. The Kier molecular flexibility index (Phi) is 75.6. The molecular formula is C87H170O17P2. The number of aliphatic hydroxyl groups is 1. The maximum atomic E-state index is 13.2. The minimum Gasteiger partial charge on any atom is -0.462 e. The summed E-state index contributed by atoms with van der Waals surface area (Å²) in [7, 11) is -9.93. The first-order chi connectivity index (χ1) is 51.3. The molecule has 0 radical (unpaired) electrons. The van der Waals surface area contributed by atoms with Gasteiger partial charge in [0.15, 0.2) is 12.2 Å². The lowest BCUT2D eigenvalue weighted by Crippen LogP contribution is -2.30. The number of phosphoric ester groups is 2. The third kappa shape index (κ3) is 77.4. The fourth-order valence-electron chi connectivity index (χ4n) is 13.5. The number of unbranched alkanes of at least 4 members (excludes halogenated alkanes) is 51. The van der Waals surface area contributed by atoms with Gasteiger partial charge in [0.1, 0.15) is 19.3 Å². The number of phosphoric acid groups is 2. The van der Waals surface area contributed by atoms with Gasteiger partial charge in [-0.25, -0.2) is 9.13 Å². The molecule has 0 spiro atoms. The molecule has 0 aromatic heterocycles. The van der Waals surface area contributed by atoms with E-state index in [0.717, 1.165) is 108 Å². The van der Waals surface area contributed by atoms with Gasteiger partial charge in [-0.3, -0.25) is 37.3 Å². The second-order valence-electron chi connectivity index (χ2n) is 32.2. The summed E-state index contributed by atoms with van der Waals surface area (Å²) < 4.78 is 69.0. The quantitative estimate of drug-likeness (QED) is 0.0222. The Labute approximate surface area is 651 Å². The molecule has 19 heteroatoms. The van der Waals surface area contributed by atoms with Crippen LogP contribution in [-0.4, -0.2) is 96.7 Å². The van der Waals surface area contributed by atoms with Gasteiger partial charge in [0.05, 0.1) is 26.4 Å². The van der Waals surface area contributed by atoms with Crippen molar-refractivity contribution in [3.63, 3.8) is 0 Å². The van der Waals surface area contributed by atoms with E-state index in [1.54, 1.807) is 0 Å². The Hall–Kier alpha value is -1.94. The molecule has 630 valence electrons. The number of carbonyl (C=O) groups is 4. The van der Waals surface area contributed by atoms with Crippen molar-refractivity contribution in [3.8, 4) is 0 Å². The van der Waals surface area contributed by atoms with Gasteiger partial charge in [0, 0.05) is 25.7 Å². The first-order valence-electron chi connectivity index (χ1n) is 44.9. The van der Waals surface area contributed by atoms with Crippen molar-refractivity contribution in [2.45, 2.75) is 478 Å². The second kappa shape index (κ2) is 77.0. The van der Waals surface area contributed by atoms with Gasteiger partial charge in [-0.2, -0.15) is 0 Å². The molecule has 0 aliphatic carbocycles. The van der Waals surface area contributed by atoms with Crippen molar-refractivity contribution >= 4 is 39.5 Å². The largest absolute Gasteiger partial charge is 0.472 e. The summed E-state index contributed by atoms with van der Waals surface area (Å²) in [6.45, 7) is 12.1. The van der Waals surface area contributed by atoms with Crippen molar-refractivity contribution in [1.29, 1.82) is 0 Å². The van der Waals surface area contributed by atoms with Crippen LogP contribution in [0.3, 0.4) is 0 Å². The number of hydrogen-bond donors (Lipinski definition) is 3. The van der Waals surface area contributed by atoms with Gasteiger partial charge in [-0.05, 0) is 43.4 Å². The highest BCUT2D eigenvalue weighted by Gasteiger charge is 2.31. The van der Waals surface area contributed by atoms with E-state index in [1.807, 2.05) is 0 Å². The van der Waals surface area contributed by atoms with E-state index >= 15 is 0 Å². The first kappa shape index (κ1) is 104. The van der Waals surface area contributed by atoms with Crippen molar-refractivity contribution in [2.75, 3.05) is 39.6 Å². The molecule has 0 bridgehead atoms. The van der Waals surface area contributed by atoms with Gasteiger partial charge in [0.2, 0.25) is 0 Å². The van der Waals surface area contributed by atoms with Crippen LogP contribution in [-0.2, 0) is 65.4 Å². The van der Waals surface area contributed by atoms with E-state index in [0.29, 0.717) is 25.7 Å². The van der Waals surface area contributed by atoms with Crippen molar-refractivity contribution in [3.05, 3.63) is 0 Å². The molecule has 0 aromatic carbocycles. The Morgan fingerprint density at radius 2 is 0.481 bits per heavy atom. The Balaban J connectivity index is 5.27. The smallest absolute Gasteiger partial charge is 0.462 e. The summed E-state index contributed by atoms with van der Waals surface area (Å²) in [4.78, 5) is 73.3. The first-order valence-corrected chi connectivity index (χ1v) is 47.9. The van der Waals surface area contributed by atoms with Gasteiger partial charge >= 0.3 is 39.5 Å². The summed E-state index contributed by atoms with van der Waals surface area (Å²) in [5, 5.41) is 10.7. The summed E-state index contributed by atoms with van der Waals surface area (Å²) >= 11 is 0. The predicted octanol–water partition coefficient (Wildman–Crippen LogP) is 26.5. The van der Waals surface area contributed by atoms with Gasteiger partial charge in [0.25, 0.3) is 0 Å². The number of hydrogen-bond acceptors (Lipinski definition) is 15. The maximum Gasteiger partial charge on any atom is 0.472 e. The Morgan fingerprint density at radius 1 is 0.274 bits per heavy atom. The van der Waals surface area contributed by atoms with Crippen molar-refractivity contribution in [1.82, 2.24) is 0 Å². The molecule has 4 unspecified atom stereocenters. The van der Waals surface area contributed by atoms with E-state index in [1.165, 1.54) is 270 Å². The fraction of sp³-hybridized carbons (Fsp3) is 0.954. The van der Waals surface area contributed by atoms with Crippen molar-refractivity contribution < 1.29 is 80.2 Å². The molecular weight excluding hydrogens is 1380 g/mol. The lowest BCUT2D eigenvalue weighted by atomic mass is 9.99. The normalized spacial score (nSPS) is 14.4. The monoisotopic (exact) mass is 1550 g/mol. The maximum absolute atomic E-state index is 13.2. The molecule has 0 fully saturated rings. The van der Waals surface area contributed by atoms with E-state index < -0.39 is 97.5 Å². The zero-order valence-electron chi connectivity index (χ0n) is 69.9. The number of ether oxygens (including phenoxy) is 4. The van der Waals surface area contributed by atoms with Crippen LogP contribution in [0.1, 0.15) is 459 Å². The highest BCUT2D eigenvalue weighted by Crippen LogP contribution is 2.45. The number of esters is 4. The minimum absolute atomic E-state index is 0.108. The van der Waals surface area contributed by atoms with E-state index in [9.17, 15) is 43.2 Å². The van der Waals surface area contributed by atoms with Crippen LogP contribution < -0.4 is 0 Å². The number of rotatable bonds is 85. The highest BCUT2D eigenvalue weighted by atomic mass is 31.2. The third-order valence-electron chi connectivity index (χ3n) is 21.1. The standard InChI is InChI=1S/C87H170O17P2/c1-8-11-12-13-14-15-16-17-18-19-20-23-30-35-40-49-56-63-70-87(92)104-83(75-98-85(90)69-62-55-48-43-42-46-53-60-67-80(7)10-3)77-102-106(95,96)100-73-81(88)72-99-105(93,94)101-76-82(103-86(91)71-64-57-50-41-36-31-24-21-22-27-32-37-44-51-58-65-78(4)5)74-97-84(89)68-61-54-47-39-34-29-26-25-28-33-38-45-52-59-66-79(6)9-2/h78-83,88H,8-77H2,1-7H3,(H,93,94)(H,95,96)/t79?,80?,81-,82-,83-/m1/s1. The van der Waals surface area contributed by atoms with E-state index in [-0.39, 0.29) is 25.7 Å². The molecule has 0 heterocycles. The molecule has 0 aliphatic rings. The zero-order valence-corrected chi connectivity index (χ0v) is 71.7. The van der Waals surface area contributed by atoms with Crippen LogP contribution in [0.15, 0.2) is 0 Å². The van der Waals surface area contributed by atoms with Crippen LogP contribution in [0.25, 0.3) is 0 Å². The highest BCUT2D eigenvalue weighted by molar-refractivity contribution is 7.47. The molecule has 7 atom stereocenters. The molecule has 0 rings (SSSR count). The molecule has 17 nitrogen and oxygen atoms in total. The zero-order chi connectivity index (χ0) is 77.9. The summed E-state index contributed by atoms with van der Waals surface area (Å²) in [5.41, 5.74) is 0. The predicted molar refractivity (Wildman–Crippen MR) is 437 cm³/mol. The summed E-state index contributed by atoms with van der Waals surface area (Å²) in [6, 6.07) is 0. The minimum atomic E-state index is -4.97. The fourth-order valence-corrected chi connectivity index (χ4v) is 15.1. The van der Waals surface area contributed by atoms with E-state index in [2.05, 4.69) is 48.5 Å². The van der Waals surface area contributed by atoms with E-state index in [4.69, 9.17) is 37.0 Å². The third-order valence-corrected chi connectivity index (χ3v) is 23.0. The lowest BCUT2D eigenvalue weighted by molar-refractivity contribution is -0.161. The Morgan fingerprint density at radius 3 is 0.717 bits per heavy atom. The summed E-state index contributed by atoms with van der Waals surface area (Å²) in [6.07, 6.45) is 67.8. The molecule has 0 saturated carbocycles.